The van der Waals surface area contributed by atoms with Crippen molar-refractivity contribution in [1.29, 1.82) is 0 Å². The van der Waals surface area contributed by atoms with E-state index in [9.17, 15) is 4.79 Å². The molecule has 2 N–H and O–H groups in total. The molecule has 1 aromatic carbocycles. The molecule has 1 amide bonds. The molecule has 1 saturated heterocycles. The van der Waals surface area contributed by atoms with Crippen molar-refractivity contribution in [1.82, 2.24) is 24.7 Å². The molecular weight excluding hydrogens is 553 g/mol. The largest absolute Gasteiger partial charge is 0.376 e. The zero-order valence-corrected chi connectivity index (χ0v) is 25.7. The number of piperazine rings is 1. The smallest absolute Gasteiger partial charge is 0.265 e. The van der Waals surface area contributed by atoms with Gasteiger partial charge in [0.15, 0.2) is 0 Å². The van der Waals surface area contributed by atoms with Crippen LogP contribution in [0.25, 0.3) is 10.2 Å². The lowest BCUT2D eigenvalue weighted by atomic mass is 10.0. The molecule has 2 aliphatic rings. The number of aromatic nitrogens is 2. The van der Waals surface area contributed by atoms with E-state index in [0.717, 1.165) is 59.2 Å². The maximum absolute atomic E-state index is 12.8. The van der Waals surface area contributed by atoms with Gasteiger partial charge in [0.05, 0.1) is 21.6 Å². The molecule has 5 heterocycles. The van der Waals surface area contributed by atoms with E-state index in [1.807, 2.05) is 54.7 Å². The van der Waals surface area contributed by atoms with Gasteiger partial charge < -0.3 is 25.3 Å². The maximum atomic E-state index is 12.8. The zero-order valence-electron chi connectivity index (χ0n) is 24.0. The molecule has 0 unspecified atom stereocenters. The highest BCUT2D eigenvalue weighted by Gasteiger charge is 2.24. The number of nitrogens with one attached hydrogen (secondary N) is 2. The highest BCUT2D eigenvalue weighted by Crippen LogP contribution is 2.39. The first-order valence-electron chi connectivity index (χ1n) is 14.3. The van der Waals surface area contributed by atoms with Crippen molar-refractivity contribution in [3.05, 3.63) is 57.4 Å². The number of carbonyl (C=O) groups is 1. The molecule has 4 aromatic rings. The Labute approximate surface area is 249 Å². The van der Waals surface area contributed by atoms with Crippen molar-refractivity contribution < 1.29 is 4.79 Å². The Morgan fingerprint density at radius 2 is 1.88 bits per heavy atom. The van der Waals surface area contributed by atoms with Gasteiger partial charge >= 0.3 is 0 Å². The second-order valence-electron chi connectivity index (χ2n) is 11.1. The number of carbonyl (C=O) groups excluding carboxylic acids is 1. The van der Waals surface area contributed by atoms with E-state index < -0.39 is 0 Å². The lowest BCUT2D eigenvalue weighted by Gasteiger charge is -2.33. The van der Waals surface area contributed by atoms with Gasteiger partial charge in [-0.05, 0) is 68.2 Å². The predicted octanol–water partition coefficient (Wildman–Crippen LogP) is 4.81. The summed E-state index contributed by atoms with van der Waals surface area (Å²) in [5.74, 6) is 0.717. The van der Waals surface area contributed by atoms with Gasteiger partial charge in [-0.2, -0.15) is 0 Å². The van der Waals surface area contributed by atoms with Crippen LogP contribution in [0.4, 0.5) is 22.9 Å². The third-order valence-corrected chi connectivity index (χ3v) is 9.99. The summed E-state index contributed by atoms with van der Waals surface area (Å²) in [4.78, 5) is 34.9. The molecule has 0 spiro atoms. The minimum Gasteiger partial charge on any atom is -0.376 e. The number of benzene rings is 1. The fourth-order valence-electron chi connectivity index (χ4n) is 5.69. The third-order valence-electron chi connectivity index (χ3n) is 7.99. The monoisotopic (exact) mass is 590 g/mol. The Kier molecular flexibility index (Phi) is 8.50. The summed E-state index contributed by atoms with van der Waals surface area (Å²) in [5, 5.41) is 9.69. The SMILES string of the molecule is CN1CCN(CCCN2CCc3c(sc4ncnc(Nc5ccc(N(C)C)c(NC(=O)c6cccs6)c5)c34)C2)CC1. The minimum absolute atomic E-state index is 0.107. The molecule has 9 nitrogen and oxygen atoms in total. The molecule has 0 bridgehead atoms. The van der Waals surface area contributed by atoms with Crippen LogP contribution in [0.1, 0.15) is 26.5 Å². The second-order valence-corrected chi connectivity index (χ2v) is 13.1. The van der Waals surface area contributed by atoms with Gasteiger partial charge in [-0.25, -0.2) is 9.97 Å². The summed E-state index contributed by atoms with van der Waals surface area (Å²) in [5.41, 5.74) is 3.94. The number of fused-ring (bicyclic) bond motifs is 3. The van der Waals surface area contributed by atoms with E-state index in [1.54, 1.807) is 17.7 Å². The first kappa shape index (κ1) is 28.0. The van der Waals surface area contributed by atoms with E-state index in [4.69, 9.17) is 0 Å². The summed E-state index contributed by atoms with van der Waals surface area (Å²) < 4.78 is 0. The van der Waals surface area contributed by atoms with Crippen LogP contribution in [0.15, 0.2) is 42.0 Å². The average Bonchev–Trinajstić information content (AvgIpc) is 3.63. The molecule has 0 saturated carbocycles. The topological polar surface area (TPSA) is 79.9 Å². The Bertz CT molecular complexity index is 1490. The molecule has 1 fully saturated rings. The Hall–Kier alpha value is -3.09. The quantitative estimate of drug-likeness (QED) is 0.288. The van der Waals surface area contributed by atoms with Crippen LogP contribution in [0, 0.1) is 0 Å². The van der Waals surface area contributed by atoms with Gasteiger partial charge in [0.25, 0.3) is 5.91 Å². The summed E-state index contributed by atoms with van der Waals surface area (Å²) in [7, 11) is 6.17. The van der Waals surface area contributed by atoms with Crippen LogP contribution in [0.3, 0.4) is 0 Å². The number of anilines is 4. The standard InChI is InChI=1S/C30H38N8OS2/c1-35(2)24-8-7-21(18-23(24)34-29(39)25-6-4-17-40-25)33-28-27-22-9-12-38(19-26(22)41-30(27)32-20-31-28)11-5-10-37-15-13-36(3)14-16-37/h4,6-8,17-18,20H,5,9-16,19H2,1-3H3,(H,34,39)(H,31,32,33). The van der Waals surface area contributed by atoms with E-state index >= 15 is 0 Å². The first-order valence-corrected chi connectivity index (χ1v) is 16.0. The molecule has 3 aromatic heterocycles. The van der Waals surface area contributed by atoms with E-state index in [0.29, 0.717) is 4.88 Å². The van der Waals surface area contributed by atoms with Gasteiger partial charge in [-0.3, -0.25) is 9.69 Å². The van der Waals surface area contributed by atoms with Crippen molar-refractivity contribution in [3.63, 3.8) is 0 Å². The summed E-state index contributed by atoms with van der Waals surface area (Å²) in [6, 6.07) is 9.76. The molecule has 11 heteroatoms. The van der Waals surface area contributed by atoms with Gasteiger partial charge in [-0.1, -0.05) is 6.07 Å². The highest BCUT2D eigenvalue weighted by atomic mass is 32.1. The van der Waals surface area contributed by atoms with E-state index in [1.165, 1.54) is 60.9 Å². The van der Waals surface area contributed by atoms with Crippen LogP contribution >= 0.6 is 22.7 Å². The number of likely N-dealkylation sites (N-methyl/N-ethyl adjacent to an activating group) is 1. The lowest BCUT2D eigenvalue weighted by Crippen LogP contribution is -2.45. The lowest BCUT2D eigenvalue weighted by molar-refractivity contribution is 0.103. The highest BCUT2D eigenvalue weighted by molar-refractivity contribution is 7.19. The summed E-state index contributed by atoms with van der Waals surface area (Å²) in [6.07, 6.45) is 3.87. The van der Waals surface area contributed by atoms with Crippen molar-refractivity contribution in [2.24, 2.45) is 0 Å². The Balaban J connectivity index is 1.16. The minimum atomic E-state index is -0.107. The van der Waals surface area contributed by atoms with E-state index in [2.05, 4.69) is 42.3 Å². The molecule has 216 valence electrons. The summed E-state index contributed by atoms with van der Waals surface area (Å²) in [6.45, 7) is 9.09. The van der Waals surface area contributed by atoms with Gasteiger partial charge in [0.2, 0.25) is 0 Å². The number of nitrogens with zero attached hydrogens (tertiary/aromatic N) is 6. The molecule has 2 aliphatic heterocycles. The Morgan fingerprint density at radius 1 is 1.05 bits per heavy atom. The number of rotatable bonds is 9. The fourth-order valence-corrected chi connectivity index (χ4v) is 7.54. The molecule has 41 heavy (non-hydrogen) atoms. The van der Waals surface area contributed by atoms with Crippen molar-refractivity contribution in [2.75, 3.05) is 82.5 Å². The van der Waals surface area contributed by atoms with Gasteiger partial charge in [0, 0.05) is 63.9 Å². The van der Waals surface area contributed by atoms with Crippen LogP contribution in [0.5, 0.6) is 0 Å². The normalized spacial score (nSPS) is 16.6. The molecule has 0 aliphatic carbocycles. The van der Waals surface area contributed by atoms with Crippen LogP contribution < -0.4 is 15.5 Å². The second kappa shape index (κ2) is 12.4. The number of hydrogen-bond acceptors (Lipinski definition) is 10. The molecule has 0 radical (unpaired) electrons. The summed E-state index contributed by atoms with van der Waals surface area (Å²) >= 11 is 3.23. The average molecular weight is 591 g/mol. The molecular formula is C30H38N8OS2. The first-order chi connectivity index (χ1) is 19.9. The molecule has 6 rings (SSSR count). The number of thiophene rings is 2. The van der Waals surface area contributed by atoms with Crippen LogP contribution in [-0.2, 0) is 13.0 Å². The van der Waals surface area contributed by atoms with Crippen molar-refractivity contribution in [3.8, 4) is 0 Å². The van der Waals surface area contributed by atoms with Gasteiger partial charge in [0.1, 0.15) is 17.0 Å². The molecule has 0 atom stereocenters. The third kappa shape index (κ3) is 6.39. The van der Waals surface area contributed by atoms with Crippen molar-refractivity contribution in [2.45, 2.75) is 19.4 Å². The van der Waals surface area contributed by atoms with Crippen LogP contribution in [0.2, 0.25) is 0 Å². The van der Waals surface area contributed by atoms with Gasteiger partial charge in [-0.15, -0.1) is 22.7 Å². The van der Waals surface area contributed by atoms with E-state index in [-0.39, 0.29) is 5.91 Å². The predicted molar refractivity (Wildman–Crippen MR) is 171 cm³/mol. The Morgan fingerprint density at radius 3 is 2.66 bits per heavy atom. The van der Waals surface area contributed by atoms with Crippen LogP contribution in [-0.4, -0.2) is 97.5 Å². The zero-order chi connectivity index (χ0) is 28.3. The van der Waals surface area contributed by atoms with Crippen molar-refractivity contribution >= 4 is 61.7 Å². The fraction of sp³-hybridized carbons (Fsp3) is 0.433. The number of amides is 1. The number of hydrogen-bond donors (Lipinski definition) is 2. The maximum Gasteiger partial charge on any atom is 0.265 e.